The maximum Gasteiger partial charge on any atom is 0.269 e. The van der Waals surface area contributed by atoms with E-state index < -0.39 is 15.9 Å². The Labute approximate surface area is 113 Å². The molecule has 0 saturated carbocycles. The molecule has 2 rings (SSSR count). The largest absolute Gasteiger partial charge is 0.330 e. The van der Waals surface area contributed by atoms with Crippen LogP contribution in [0.5, 0.6) is 0 Å². The van der Waals surface area contributed by atoms with Gasteiger partial charge < -0.3 is 5.73 Å². The first-order valence-electron chi connectivity index (χ1n) is 6.16. The van der Waals surface area contributed by atoms with Crippen molar-refractivity contribution in [1.82, 2.24) is 4.31 Å². The monoisotopic (exact) mass is 282 g/mol. The number of nitrogens with two attached hydrogens (primary N) is 1. The predicted octanol–water partition coefficient (Wildman–Crippen LogP) is 1.21. The first-order valence-corrected chi connectivity index (χ1v) is 7.60. The number of sulfonamides is 1. The lowest BCUT2D eigenvalue weighted by Gasteiger charge is -2.25. The Morgan fingerprint density at radius 2 is 1.89 bits per heavy atom. The average molecular weight is 282 g/mol. The lowest BCUT2D eigenvalue weighted by atomic mass is 9.90. The topological polar surface area (TPSA) is 80.5 Å². The maximum absolute atomic E-state index is 12.3. The molecule has 1 amide bonds. The summed E-state index contributed by atoms with van der Waals surface area (Å²) in [5.41, 5.74) is 5.69. The molecule has 0 bridgehead atoms. The standard InChI is InChI=1S/C13H18N2O3S/c1-13(2,9-14)7-8-15-12(16)10-5-3-4-6-11(10)19(15,17)18/h3-6H,7-9,14H2,1-2H3. The van der Waals surface area contributed by atoms with Crippen LogP contribution in [0.2, 0.25) is 0 Å². The molecule has 0 unspecified atom stereocenters. The van der Waals surface area contributed by atoms with Crippen molar-refractivity contribution in [3.8, 4) is 0 Å². The molecule has 0 aliphatic carbocycles. The van der Waals surface area contributed by atoms with Gasteiger partial charge >= 0.3 is 0 Å². The van der Waals surface area contributed by atoms with Crippen LogP contribution in [0.3, 0.4) is 0 Å². The van der Waals surface area contributed by atoms with Crippen LogP contribution in [-0.4, -0.2) is 31.7 Å². The van der Waals surface area contributed by atoms with Crippen LogP contribution in [0.1, 0.15) is 30.6 Å². The van der Waals surface area contributed by atoms with Crippen molar-refractivity contribution < 1.29 is 13.2 Å². The molecule has 19 heavy (non-hydrogen) atoms. The molecule has 0 fully saturated rings. The van der Waals surface area contributed by atoms with Crippen LogP contribution in [-0.2, 0) is 10.0 Å². The second-order valence-electron chi connectivity index (χ2n) is 5.50. The van der Waals surface area contributed by atoms with E-state index in [2.05, 4.69) is 0 Å². The summed E-state index contributed by atoms with van der Waals surface area (Å²) in [7, 11) is -3.68. The summed E-state index contributed by atoms with van der Waals surface area (Å²) in [5, 5.41) is 0. The third-order valence-corrected chi connectivity index (χ3v) is 5.30. The van der Waals surface area contributed by atoms with E-state index >= 15 is 0 Å². The van der Waals surface area contributed by atoms with Gasteiger partial charge in [0, 0.05) is 6.54 Å². The van der Waals surface area contributed by atoms with Crippen LogP contribution in [0.4, 0.5) is 0 Å². The normalized spacial score (nSPS) is 17.6. The molecule has 1 aromatic carbocycles. The Kier molecular flexibility index (Phi) is 3.40. The van der Waals surface area contributed by atoms with Crippen molar-refractivity contribution in [3.63, 3.8) is 0 Å². The van der Waals surface area contributed by atoms with Crippen molar-refractivity contribution in [2.45, 2.75) is 25.2 Å². The first kappa shape index (κ1) is 14.0. The molecule has 0 spiro atoms. The molecule has 0 aromatic heterocycles. The summed E-state index contributed by atoms with van der Waals surface area (Å²) in [6.07, 6.45) is 0.544. The second kappa shape index (κ2) is 4.61. The summed E-state index contributed by atoms with van der Waals surface area (Å²) < 4.78 is 25.5. The zero-order valence-corrected chi connectivity index (χ0v) is 11.9. The molecule has 1 aliphatic heterocycles. The number of carbonyl (C=O) groups is 1. The van der Waals surface area contributed by atoms with Crippen molar-refractivity contribution in [2.24, 2.45) is 11.1 Å². The highest BCUT2D eigenvalue weighted by atomic mass is 32.2. The van der Waals surface area contributed by atoms with Gasteiger partial charge in [0.2, 0.25) is 0 Å². The maximum atomic E-state index is 12.3. The van der Waals surface area contributed by atoms with E-state index in [-0.39, 0.29) is 22.4 Å². The van der Waals surface area contributed by atoms with E-state index in [1.54, 1.807) is 18.2 Å². The number of amides is 1. The van der Waals surface area contributed by atoms with Crippen molar-refractivity contribution >= 4 is 15.9 Å². The van der Waals surface area contributed by atoms with Gasteiger partial charge in [-0.15, -0.1) is 0 Å². The van der Waals surface area contributed by atoms with Crippen LogP contribution in [0, 0.1) is 5.41 Å². The van der Waals surface area contributed by atoms with Gasteiger partial charge in [-0.1, -0.05) is 26.0 Å². The zero-order valence-electron chi connectivity index (χ0n) is 11.1. The first-order chi connectivity index (χ1) is 8.79. The highest BCUT2D eigenvalue weighted by molar-refractivity contribution is 7.90. The fourth-order valence-corrected chi connectivity index (χ4v) is 3.53. The average Bonchev–Trinajstić information content (AvgIpc) is 2.56. The van der Waals surface area contributed by atoms with Crippen molar-refractivity contribution in [2.75, 3.05) is 13.1 Å². The molecule has 0 saturated heterocycles. The van der Waals surface area contributed by atoms with E-state index in [0.717, 1.165) is 4.31 Å². The second-order valence-corrected chi connectivity index (χ2v) is 7.33. The van der Waals surface area contributed by atoms with Crippen LogP contribution in [0.15, 0.2) is 29.2 Å². The molecule has 5 nitrogen and oxygen atoms in total. The Bertz CT molecular complexity index is 608. The minimum absolute atomic E-state index is 0.102. The summed E-state index contributed by atoms with van der Waals surface area (Å²) >= 11 is 0. The fraction of sp³-hybridized carbons (Fsp3) is 0.462. The molecule has 2 N–H and O–H groups in total. The highest BCUT2D eigenvalue weighted by Gasteiger charge is 2.41. The van der Waals surface area contributed by atoms with Gasteiger partial charge in [0.25, 0.3) is 15.9 Å². The van der Waals surface area contributed by atoms with E-state index in [0.29, 0.717) is 13.0 Å². The molecule has 0 radical (unpaired) electrons. The minimum atomic E-state index is -3.68. The quantitative estimate of drug-likeness (QED) is 0.900. The number of carbonyl (C=O) groups excluding carboxylic acids is 1. The van der Waals surface area contributed by atoms with E-state index in [4.69, 9.17) is 5.73 Å². The number of benzene rings is 1. The lowest BCUT2D eigenvalue weighted by Crippen LogP contribution is -2.35. The molecule has 1 aliphatic rings. The molecule has 0 atom stereocenters. The van der Waals surface area contributed by atoms with Gasteiger partial charge in [-0.3, -0.25) is 4.79 Å². The van der Waals surface area contributed by atoms with Crippen LogP contribution >= 0.6 is 0 Å². The molecule has 1 heterocycles. The summed E-state index contributed by atoms with van der Waals surface area (Å²) in [4.78, 5) is 12.2. The number of hydrogen-bond donors (Lipinski definition) is 1. The SMILES string of the molecule is CC(C)(CN)CCN1C(=O)c2ccccc2S1(=O)=O. The highest BCUT2D eigenvalue weighted by Crippen LogP contribution is 2.31. The van der Waals surface area contributed by atoms with Gasteiger partial charge in [0.1, 0.15) is 4.90 Å². The van der Waals surface area contributed by atoms with Gasteiger partial charge in [0.15, 0.2) is 0 Å². The number of hydrogen-bond acceptors (Lipinski definition) is 4. The lowest BCUT2D eigenvalue weighted by molar-refractivity contribution is 0.0860. The van der Waals surface area contributed by atoms with Gasteiger partial charge in [-0.2, -0.15) is 0 Å². The summed E-state index contributed by atoms with van der Waals surface area (Å²) in [6.45, 7) is 4.52. The smallest absolute Gasteiger partial charge is 0.269 e. The van der Waals surface area contributed by atoms with Gasteiger partial charge in [0.05, 0.1) is 5.56 Å². The van der Waals surface area contributed by atoms with E-state index in [1.807, 2.05) is 13.8 Å². The third-order valence-electron chi connectivity index (χ3n) is 3.46. The molecule has 104 valence electrons. The summed E-state index contributed by atoms with van der Waals surface area (Å²) in [6, 6.07) is 6.30. The van der Waals surface area contributed by atoms with E-state index in [1.165, 1.54) is 6.07 Å². The Hall–Kier alpha value is -1.40. The number of rotatable bonds is 4. The van der Waals surface area contributed by atoms with Crippen LogP contribution in [0.25, 0.3) is 0 Å². The molecular weight excluding hydrogens is 264 g/mol. The number of nitrogens with zero attached hydrogens (tertiary/aromatic N) is 1. The van der Waals surface area contributed by atoms with Crippen molar-refractivity contribution in [1.29, 1.82) is 0 Å². The van der Waals surface area contributed by atoms with Gasteiger partial charge in [-0.05, 0) is 30.5 Å². The molecule has 1 aromatic rings. The Morgan fingerprint density at radius 1 is 1.26 bits per heavy atom. The number of fused-ring (bicyclic) bond motifs is 1. The molecular formula is C13H18N2O3S. The zero-order chi connectivity index (χ0) is 14.3. The fourth-order valence-electron chi connectivity index (χ4n) is 1.96. The van der Waals surface area contributed by atoms with Crippen LogP contribution < -0.4 is 5.73 Å². The third kappa shape index (κ3) is 2.37. The Balaban J connectivity index is 2.29. The molecule has 6 heteroatoms. The predicted molar refractivity (Wildman–Crippen MR) is 72.1 cm³/mol. The minimum Gasteiger partial charge on any atom is -0.330 e. The summed E-state index contributed by atoms with van der Waals surface area (Å²) in [5.74, 6) is -0.441. The Morgan fingerprint density at radius 3 is 2.47 bits per heavy atom. The van der Waals surface area contributed by atoms with Crippen molar-refractivity contribution in [3.05, 3.63) is 29.8 Å². The van der Waals surface area contributed by atoms with E-state index in [9.17, 15) is 13.2 Å². The van der Waals surface area contributed by atoms with Gasteiger partial charge in [-0.25, -0.2) is 12.7 Å².